The number of carboxylic acid groups (broad SMARTS) is 1. The number of likely N-dealkylation sites (tertiary alicyclic amines) is 1. The molecule has 1 N–H and O–H groups in total. The van der Waals surface area contributed by atoms with Crippen LogP contribution in [0.25, 0.3) is 0 Å². The summed E-state index contributed by atoms with van der Waals surface area (Å²) in [6.45, 7) is 0.371. The predicted molar refractivity (Wildman–Crippen MR) is 85.2 cm³/mol. The molecule has 0 spiro atoms. The summed E-state index contributed by atoms with van der Waals surface area (Å²) in [5.41, 5.74) is -2.06. The van der Waals surface area contributed by atoms with Gasteiger partial charge in [-0.15, -0.1) is 0 Å². The molecule has 0 aromatic heterocycles. The molecule has 26 heavy (non-hydrogen) atoms. The van der Waals surface area contributed by atoms with Crippen molar-refractivity contribution >= 4 is 11.9 Å². The Morgan fingerprint density at radius 3 is 2.58 bits per heavy atom. The van der Waals surface area contributed by atoms with Crippen molar-refractivity contribution in [1.82, 2.24) is 9.80 Å². The largest absolute Gasteiger partial charge is 0.480 e. The van der Waals surface area contributed by atoms with Crippen LogP contribution in [0.2, 0.25) is 0 Å². The van der Waals surface area contributed by atoms with E-state index in [2.05, 4.69) is 0 Å². The van der Waals surface area contributed by atoms with E-state index >= 15 is 0 Å². The molecule has 0 saturated carbocycles. The Labute approximate surface area is 148 Å². The zero-order valence-corrected chi connectivity index (χ0v) is 14.2. The van der Waals surface area contributed by atoms with Gasteiger partial charge in [0.05, 0.1) is 17.7 Å². The SMILES string of the molecule is CN(CC(=O)O)C1CCCN(C(=O)c2cccc(C(F)(F)F)c2F)CC1. The fraction of sp³-hybridized carbons (Fsp3) is 0.529. The minimum atomic E-state index is -4.87. The molecule has 1 saturated heterocycles. The summed E-state index contributed by atoms with van der Waals surface area (Å²) in [6, 6.07) is 2.60. The van der Waals surface area contributed by atoms with E-state index in [9.17, 15) is 27.2 Å². The summed E-state index contributed by atoms with van der Waals surface area (Å²) < 4.78 is 52.7. The molecular formula is C17H20F4N2O3. The third kappa shape index (κ3) is 4.72. The van der Waals surface area contributed by atoms with Crippen molar-refractivity contribution in [3.63, 3.8) is 0 Å². The van der Waals surface area contributed by atoms with Crippen LogP contribution in [0.15, 0.2) is 18.2 Å². The number of hydrogen-bond acceptors (Lipinski definition) is 3. The Bertz CT molecular complexity index is 678. The van der Waals surface area contributed by atoms with Crippen molar-refractivity contribution in [2.75, 3.05) is 26.7 Å². The lowest BCUT2D eigenvalue weighted by atomic mass is 10.1. The fourth-order valence-electron chi connectivity index (χ4n) is 3.15. The van der Waals surface area contributed by atoms with Gasteiger partial charge in [-0.1, -0.05) is 6.07 Å². The molecule has 0 aliphatic carbocycles. The number of rotatable bonds is 4. The van der Waals surface area contributed by atoms with E-state index in [4.69, 9.17) is 5.11 Å². The van der Waals surface area contributed by atoms with Crippen LogP contribution >= 0.6 is 0 Å². The van der Waals surface area contributed by atoms with Gasteiger partial charge in [0.25, 0.3) is 5.91 Å². The lowest BCUT2D eigenvalue weighted by molar-refractivity contribution is -0.140. The maximum absolute atomic E-state index is 14.2. The maximum Gasteiger partial charge on any atom is 0.419 e. The molecule has 1 aromatic rings. The van der Waals surface area contributed by atoms with E-state index in [1.54, 1.807) is 11.9 Å². The predicted octanol–water partition coefficient (Wildman–Crippen LogP) is 2.86. The highest BCUT2D eigenvalue weighted by molar-refractivity contribution is 5.94. The highest BCUT2D eigenvalue weighted by Gasteiger charge is 2.36. The van der Waals surface area contributed by atoms with Crippen LogP contribution < -0.4 is 0 Å². The summed E-state index contributed by atoms with van der Waals surface area (Å²) >= 11 is 0. The van der Waals surface area contributed by atoms with Gasteiger partial charge in [0.2, 0.25) is 0 Å². The number of nitrogens with zero attached hydrogens (tertiary/aromatic N) is 2. The molecule has 0 radical (unpaired) electrons. The van der Waals surface area contributed by atoms with Crippen LogP contribution in [0.3, 0.4) is 0 Å². The summed E-state index contributed by atoms with van der Waals surface area (Å²) in [7, 11) is 1.67. The Morgan fingerprint density at radius 2 is 1.96 bits per heavy atom. The number of carboxylic acids is 1. The van der Waals surface area contributed by atoms with E-state index in [0.29, 0.717) is 25.3 Å². The van der Waals surface area contributed by atoms with E-state index in [1.165, 1.54) is 4.90 Å². The van der Waals surface area contributed by atoms with Crippen molar-refractivity contribution in [1.29, 1.82) is 0 Å². The van der Waals surface area contributed by atoms with Gasteiger partial charge in [0, 0.05) is 19.1 Å². The van der Waals surface area contributed by atoms with E-state index < -0.39 is 35.0 Å². The minimum absolute atomic E-state index is 0.0599. The van der Waals surface area contributed by atoms with Crippen molar-refractivity contribution in [2.45, 2.75) is 31.5 Å². The fourth-order valence-corrected chi connectivity index (χ4v) is 3.15. The van der Waals surface area contributed by atoms with E-state index in [0.717, 1.165) is 12.1 Å². The van der Waals surface area contributed by atoms with Crippen molar-refractivity contribution in [3.05, 3.63) is 35.1 Å². The molecule has 1 amide bonds. The summed E-state index contributed by atoms with van der Waals surface area (Å²) in [5.74, 6) is -3.31. The first kappa shape index (κ1) is 20.2. The zero-order chi connectivity index (χ0) is 19.5. The standard InChI is InChI=1S/C17H20F4N2O3/c1-22(10-14(24)25)11-4-3-8-23(9-7-11)16(26)12-5-2-6-13(15(12)18)17(19,20)21/h2,5-6,11H,3-4,7-10H2,1H3,(H,24,25). The average molecular weight is 376 g/mol. The van der Waals surface area contributed by atoms with Gasteiger partial charge in [-0.3, -0.25) is 14.5 Å². The molecule has 2 rings (SSSR count). The molecule has 0 bridgehead atoms. The maximum atomic E-state index is 14.2. The van der Waals surface area contributed by atoms with Crippen molar-refractivity contribution in [3.8, 4) is 0 Å². The second kappa shape index (κ2) is 8.03. The summed E-state index contributed by atoms with van der Waals surface area (Å²) in [5, 5.41) is 8.86. The van der Waals surface area contributed by atoms with E-state index in [-0.39, 0.29) is 25.7 Å². The van der Waals surface area contributed by atoms with Crippen LogP contribution in [-0.2, 0) is 11.0 Å². The van der Waals surface area contributed by atoms with Gasteiger partial charge in [-0.25, -0.2) is 4.39 Å². The number of aliphatic carboxylic acids is 1. The molecule has 1 aliphatic rings. The number of hydrogen-bond donors (Lipinski definition) is 1. The first-order valence-corrected chi connectivity index (χ1v) is 8.18. The molecule has 5 nitrogen and oxygen atoms in total. The molecule has 1 atom stereocenters. The Kier molecular flexibility index (Phi) is 6.22. The lowest BCUT2D eigenvalue weighted by Gasteiger charge is -2.25. The monoisotopic (exact) mass is 376 g/mol. The lowest BCUT2D eigenvalue weighted by Crippen LogP contribution is -2.37. The van der Waals surface area contributed by atoms with Crippen LogP contribution in [0.1, 0.15) is 35.2 Å². The second-order valence-electron chi connectivity index (χ2n) is 6.35. The minimum Gasteiger partial charge on any atom is -0.480 e. The first-order valence-electron chi connectivity index (χ1n) is 8.18. The first-order chi connectivity index (χ1) is 12.1. The van der Waals surface area contributed by atoms with Crippen LogP contribution in [0, 0.1) is 5.82 Å². The van der Waals surface area contributed by atoms with Gasteiger partial charge < -0.3 is 10.0 Å². The molecule has 144 valence electrons. The van der Waals surface area contributed by atoms with Gasteiger partial charge >= 0.3 is 12.1 Å². The summed E-state index contributed by atoms with van der Waals surface area (Å²) in [4.78, 5) is 26.3. The Balaban J connectivity index is 2.13. The van der Waals surface area contributed by atoms with Crippen molar-refractivity contribution < 1.29 is 32.3 Å². The van der Waals surface area contributed by atoms with E-state index in [1.807, 2.05) is 0 Å². The van der Waals surface area contributed by atoms with Crippen LogP contribution in [0.4, 0.5) is 17.6 Å². The number of alkyl halides is 3. The molecule has 1 aliphatic heterocycles. The quantitative estimate of drug-likeness (QED) is 0.821. The number of likely N-dealkylation sites (N-methyl/N-ethyl adjacent to an activating group) is 1. The van der Waals surface area contributed by atoms with Gasteiger partial charge in [0.1, 0.15) is 5.82 Å². The molecule has 1 unspecified atom stereocenters. The van der Waals surface area contributed by atoms with Gasteiger partial charge in [-0.05, 0) is 38.4 Å². The van der Waals surface area contributed by atoms with Crippen LogP contribution in [0.5, 0.6) is 0 Å². The zero-order valence-electron chi connectivity index (χ0n) is 14.2. The van der Waals surface area contributed by atoms with Crippen LogP contribution in [-0.4, -0.2) is 59.5 Å². The highest BCUT2D eigenvalue weighted by atomic mass is 19.4. The molecule has 1 heterocycles. The molecule has 1 fully saturated rings. The third-order valence-corrected chi connectivity index (χ3v) is 4.53. The second-order valence-corrected chi connectivity index (χ2v) is 6.35. The molecular weight excluding hydrogens is 356 g/mol. The number of amides is 1. The smallest absolute Gasteiger partial charge is 0.419 e. The molecule has 9 heteroatoms. The normalized spacial score (nSPS) is 18.7. The highest BCUT2D eigenvalue weighted by Crippen LogP contribution is 2.32. The Morgan fingerprint density at radius 1 is 1.27 bits per heavy atom. The Hall–Kier alpha value is -2.16. The average Bonchev–Trinajstić information content (AvgIpc) is 2.78. The number of benzene rings is 1. The number of carbonyl (C=O) groups excluding carboxylic acids is 1. The van der Waals surface area contributed by atoms with Crippen molar-refractivity contribution in [2.24, 2.45) is 0 Å². The van der Waals surface area contributed by atoms with Gasteiger partial charge in [-0.2, -0.15) is 13.2 Å². The number of carbonyl (C=O) groups is 2. The van der Waals surface area contributed by atoms with Gasteiger partial charge in [0.15, 0.2) is 0 Å². The topological polar surface area (TPSA) is 60.9 Å². The summed E-state index contributed by atoms with van der Waals surface area (Å²) in [6.07, 6.45) is -3.19. The molecule has 1 aromatic carbocycles. The number of halogens is 4. The third-order valence-electron chi connectivity index (χ3n) is 4.53.